The monoisotopic (exact) mass is 263 g/mol. The lowest BCUT2D eigenvalue weighted by Crippen LogP contribution is -1.79. The first kappa shape index (κ1) is 12.7. The van der Waals surface area contributed by atoms with Crippen molar-refractivity contribution in [3.8, 4) is 5.40 Å². The molecule has 0 unspecified atom stereocenters. The van der Waals surface area contributed by atoms with E-state index in [0.717, 1.165) is 17.3 Å². The minimum absolute atomic E-state index is 0.643. The summed E-state index contributed by atoms with van der Waals surface area (Å²) in [5.74, 6) is 0. The molecule has 0 aliphatic heterocycles. The van der Waals surface area contributed by atoms with Crippen LogP contribution in [0.15, 0.2) is 27.0 Å². The zero-order chi connectivity index (χ0) is 12.0. The summed E-state index contributed by atoms with van der Waals surface area (Å²) in [4.78, 5) is 8.48. The van der Waals surface area contributed by atoms with Crippen molar-refractivity contribution in [2.75, 3.05) is 0 Å². The van der Waals surface area contributed by atoms with Crippen LogP contribution in [-0.2, 0) is 0 Å². The van der Waals surface area contributed by atoms with Gasteiger partial charge in [-0.3, -0.25) is 0 Å². The summed E-state index contributed by atoms with van der Waals surface area (Å²) in [5, 5.41) is 15.2. The highest BCUT2D eigenvalue weighted by Crippen LogP contribution is 2.35. The van der Waals surface area contributed by atoms with E-state index in [2.05, 4.69) is 44.7 Å². The van der Waals surface area contributed by atoms with Crippen LogP contribution in [-0.4, -0.2) is 10.3 Å². The second-order valence-corrected chi connectivity index (χ2v) is 3.90. The van der Waals surface area contributed by atoms with Gasteiger partial charge in [-0.2, -0.15) is 15.2 Å². The number of rotatable bonds is 3. The molecule has 0 aliphatic rings. The van der Waals surface area contributed by atoms with Crippen LogP contribution in [0.4, 0.5) is 11.4 Å². The Labute approximate surface area is 108 Å². The lowest BCUT2D eigenvalue weighted by Gasteiger charge is -2.04. The quantitative estimate of drug-likeness (QED) is 0.357. The SMILES string of the molecule is Cc1cc(N=C=S)cc(SC#N)c1N=C=S. The Morgan fingerprint density at radius 3 is 2.50 bits per heavy atom. The second kappa shape index (κ2) is 6.29. The molecule has 0 bridgehead atoms. The summed E-state index contributed by atoms with van der Waals surface area (Å²) in [5.41, 5.74) is 2.15. The number of aryl methyl sites for hydroxylation is 1. The maximum atomic E-state index is 8.68. The van der Waals surface area contributed by atoms with E-state index in [4.69, 9.17) is 5.26 Å². The zero-order valence-electron chi connectivity index (χ0n) is 8.22. The summed E-state index contributed by atoms with van der Waals surface area (Å²) in [6.45, 7) is 1.86. The Morgan fingerprint density at radius 2 is 1.94 bits per heavy atom. The minimum atomic E-state index is 0.643. The normalized spacial score (nSPS) is 8.50. The van der Waals surface area contributed by atoms with Gasteiger partial charge in [0, 0.05) is 0 Å². The maximum absolute atomic E-state index is 8.68. The highest BCUT2D eigenvalue weighted by Gasteiger charge is 2.07. The van der Waals surface area contributed by atoms with Crippen molar-refractivity contribution < 1.29 is 0 Å². The van der Waals surface area contributed by atoms with E-state index in [1.807, 2.05) is 12.3 Å². The first-order valence-corrected chi connectivity index (χ1v) is 5.72. The van der Waals surface area contributed by atoms with Gasteiger partial charge in [0.1, 0.15) is 5.40 Å². The third-order valence-corrected chi connectivity index (χ3v) is 2.54. The number of isothiocyanates is 2. The van der Waals surface area contributed by atoms with E-state index in [-0.39, 0.29) is 0 Å². The third kappa shape index (κ3) is 3.07. The van der Waals surface area contributed by atoms with Crippen LogP contribution in [0.1, 0.15) is 5.56 Å². The van der Waals surface area contributed by atoms with Crippen molar-refractivity contribution in [2.24, 2.45) is 9.98 Å². The van der Waals surface area contributed by atoms with Crippen LogP contribution in [0.25, 0.3) is 0 Å². The highest BCUT2D eigenvalue weighted by molar-refractivity contribution is 8.03. The van der Waals surface area contributed by atoms with Crippen LogP contribution in [0.5, 0.6) is 0 Å². The molecule has 0 radical (unpaired) electrons. The maximum Gasteiger partial charge on any atom is 0.138 e. The lowest BCUT2D eigenvalue weighted by molar-refractivity contribution is 1.30. The first-order chi connectivity index (χ1) is 7.72. The van der Waals surface area contributed by atoms with Gasteiger partial charge in [0.2, 0.25) is 0 Å². The van der Waals surface area contributed by atoms with Gasteiger partial charge in [0.15, 0.2) is 0 Å². The molecule has 0 atom stereocenters. The molecular formula is C10H5N3S3. The Morgan fingerprint density at radius 1 is 1.25 bits per heavy atom. The van der Waals surface area contributed by atoms with E-state index >= 15 is 0 Å². The van der Waals surface area contributed by atoms with E-state index in [1.54, 1.807) is 12.1 Å². The molecule has 0 aromatic heterocycles. The number of thioether (sulfide) groups is 1. The molecule has 0 fully saturated rings. The molecule has 16 heavy (non-hydrogen) atoms. The predicted octanol–water partition coefficient (Wildman–Crippen LogP) is 4.04. The molecule has 78 valence electrons. The number of nitriles is 1. The van der Waals surface area contributed by atoms with Crippen molar-refractivity contribution >= 4 is 57.9 Å². The van der Waals surface area contributed by atoms with Crippen LogP contribution in [0, 0.1) is 17.6 Å². The van der Waals surface area contributed by atoms with Crippen LogP contribution < -0.4 is 0 Å². The van der Waals surface area contributed by atoms with E-state index in [0.29, 0.717) is 16.3 Å². The van der Waals surface area contributed by atoms with Gasteiger partial charge < -0.3 is 0 Å². The van der Waals surface area contributed by atoms with Crippen molar-refractivity contribution in [1.82, 2.24) is 0 Å². The summed E-state index contributed by atoms with van der Waals surface area (Å²) < 4.78 is 0. The van der Waals surface area contributed by atoms with Crippen molar-refractivity contribution in [3.63, 3.8) is 0 Å². The molecular weight excluding hydrogens is 258 g/mol. The van der Waals surface area contributed by atoms with Gasteiger partial charge in [-0.05, 0) is 60.8 Å². The lowest BCUT2D eigenvalue weighted by atomic mass is 10.2. The molecule has 0 amide bonds. The predicted molar refractivity (Wildman–Crippen MR) is 72.0 cm³/mol. The molecule has 1 aromatic carbocycles. The van der Waals surface area contributed by atoms with Gasteiger partial charge in [-0.15, -0.1) is 0 Å². The minimum Gasteiger partial charge on any atom is -0.195 e. The van der Waals surface area contributed by atoms with Gasteiger partial charge in [0.25, 0.3) is 0 Å². The van der Waals surface area contributed by atoms with E-state index in [9.17, 15) is 0 Å². The number of aliphatic imine (C=N–C) groups is 2. The molecule has 1 aromatic rings. The summed E-state index contributed by atoms with van der Waals surface area (Å²) in [6, 6.07) is 3.51. The third-order valence-electron chi connectivity index (χ3n) is 1.74. The molecule has 3 nitrogen and oxygen atoms in total. The average Bonchev–Trinajstić information content (AvgIpc) is 2.24. The summed E-state index contributed by atoms with van der Waals surface area (Å²) >= 11 is 10.1. The van der Waals surface area contributed by atoms with E-state index in [1.165, 1.54) is 0 Å². The molecule has 0 N–H and O–H groups in total. The van der Waals surface area contributed by atoms with Crippen molar-refractivity contribution in [2.45, 2.75) is 11.8 Å². The number of thiocarbonyl (C=S) groups is 2. The Bertz CT molecular complexity index is 547. The molecule has 0 aliphatic carbocycles. The summed E-state index contributed by atoms with van der Waals surface area (Å²) in [6.07, 6.45) is 0. The van der Waals surface area contributed by atoms with Gasteiger partial charge in [-0.25, -0.2) is 0 Å². The second-order valence-electron chi connectivity index (χ2n) is 2.71. The number of thiocyanates is 1. The van der Waals surface area contributed by atoms with Gasteiger partial charge in [-0.1, -0.05) is 0 Å². The Kier molecular flexibility index (Phi) is 5.00. The standard InChI is InChI=1S/C10H5N3S3/c1-7-2-8(12-5-14)3-9(16-4-11)10(7)13-6-15/h2-3H,1H3. The average molecular weight is 263 g/mol. The van der Waals surface area contributed by atoms with E-state index < -0.39 is 0 Å². The fourth-order valence-corrected chi connectivity index (χ4v) is 1.94. The number of hydrogen-bond acceptors (Lipinski definition) is 6. The number of nitrogens with zero attached hydrogens (tertiary/aromatic N) is 3. The summed E-state index contributed by atoms with van der Waals surface area (Å²) in [7, 11) is 0. The van der Waals surface area contributed by atoms with Gasteiger partial charge in [0.05, 0.1) is 26.6 Å². The van der Waals surface area contributed by atoms with Crippen molar-refractivity contribution in [1.29, 1.82) is 5.26 Å². The molecule has 0 saturated heterocycles. The van der Waals surface area contributed by atoms with Crippen LogP contribution in [0.3, 0.4) is 0 Å². The van der Waals surface area contributed by atoms with Crippen LogP contribution >= 0.6 is 36.2 Å². The van der Waals surface area contributed by atoms with Gasteiger partial charge >= 0.3 is 0 Å². The topological polar surface area (TPSA) is 48.5 Å². The Balaban J connectivity index is 3.44. The molecule has 1 rings (SSSR count). The zero-order valence-corrected chi connectivity index (χ0v) is 10.7. The number of hydrogen-bond donors (Lipinski definition) is 0. The number of benzene rings is 1. The Hall–Kier alpha value is -1.34. The van der Waals surface area contributed by atoms with Crippen LogP contribution in [0.2, 0.25) is 0 Å². The fourth-order valence-electron chi connectivity index (χ4n) is 1.16. The molecule has 6 heteroatoms. The molecule has 0 saturated carbocycles. The van der Waals surface area contributed by atoms with Crippen molar-refractivity contribution in [3.05, 3.63) is 17.7 Å². The smallest absolute Gasteiger partial charge is 0.138 e. The molecule has 0 spiro atoms. The largest absolute Gasteiger partial charge is 0.195 e. The molecule has 0 heterocycles. The fraction of sp³-hybridized carbons (Fsp3) is 0.100. The first-order valence-electron chi connectivity index (χ1n) is 4.09. The highest BCUT2D eigenvalue weighted by atomic mass is 32.2.